The van der Waals surface area contributed by atoms with Crippen LogP contribution in [0.2, 0.25) is 5.02 Å². The number of hydrogen-bond donors (Lipinski definition) is 0. The van der Waals surface area contributed by atoms with E-state index in [0.29, 0.717) is 19.5 Å². The van der Waals surface area contributed by atoms with Crippen LogP contribution in [0.15, 0.2) is 54.6 Å². The Morgan fingerprint density at radius 1 is 0.840 bits per heavy atom. The lowest BCUT2D eigenvalue weighted by Gasteiger charge is -2.34. The zero-order valence-corrected chi connectivity index (χ0v) is 15.7. The molecule has 3 rings (SSSR count). The Bertz CT molecular complexity index is 771. The summed E-state index contributed by atoms with van der Waals surface area (Å²) in [5.74, 6) is 0.175. The summed E-state index contributed by atoms with van der Waals surface area (Å²) in [5.41, 5.74) is 2.26. The Kier molecular flexibility index (Phi) is 6.12. The van der Waals surface area contributed by atoms with Crippen LogP contribution < -0.4 is 0 Å². The maximum Gasteiger partial charge on any atom is 0.214 e. The minimum atomic E-state index is -3.19. The van der Waals surface area contributed by atoms with Crippen LogP contribution >= 0.6 is 11.6 Å². The third-order valence-corrected chi connectivity index (χ3v) is 6.66. The minimum Gasteiger partial charge on any atom is -0.296 e. The van der Waals surface area contributed by atoms with E-state index in [2.05, 4.69) is 4.90 Å². The van der Waals surface area contributed by atoms with Gasteiger partial charge < -0.3 is 0 Å². The normalized spacial score (nSPS) is 16.8. The number of rotatable bonds is 6. The van der Waals surface area contributed by atoms with Gasteiger partial charge in [-0.3, -0.25) is 4.90 Å². The van der Waals surface area contributed by atoms with Crippen LogP contribution in [0.1, 0.15) is 11.1 Å². The van der Waals surface area contributed by atoms with Crippen LogP contribution in [0.5, 0.6) is 0 Å². The summed E-state index contributed by atoms with van der Waals surface area (Å²) in [5, 5.41) is 0.734. The molecule has 1 aliphatic heterocycles. The van der Waals surface area contributed by atoms with E-state index in [4.69, 9.17) is 11.6 Å². The lowest BCUT2D eigenvalue weighted by atomic mass is 10.2. The molecule has 134 valence electrons. The molecule has 0 bridgehead atoms. The molecule has 0 aromatic heterocycles. The first-order chi connectivity index (χ1) is 12.0. The molecule has 25 heavy (non-hydrogen) atoms. The second-order valence-electron chi connectivity index (χ2n) is 6.35. The summed E-state index contributed by atoms with van der Waals surface area (Å²) in [6, 6.07) is 17.6. The quantitative estimate of drug-likeness (QED) is 0.775. The molecule has 0 spiro atoms. The number of piperazine rings is 1. The topological polar surface area (TPSA) is 40.6 Å². The Balaban J connectivity index is 1.49. The number of benzene rings is 2. The highest BCUT2D eigenvalue weighted by molar-refractivity contribution is 7.89. The molecule has 0 N–H and O–H groups in total. The van der Waals surface area contributed by atoms with Gasteiger partial charge in [0.15, 0.2) is 0 Å². The predicted octanol–water partition coefficient (Wildman–Crippen LogP) is 3.03. The second-order valence-corrected chi connectivity index (χ2v) is 8.88. The van der Waals surface area contributed by atoms with E-state index in [0.717, 1.165) is 30.2 Å². The largest absolute Gasteiger partial charge is 0.296 e. The lowest BCUT2D eigenvalue weighted by Crippen LogP contribution is -2.48. The molecule has 0 radical (unpaired) electrons. The third-order valence-electron chi connectivity index (χ3n) is 4.54. The van der Waals surface area contributed by atoms with Crippen molar-refractivity contribution in [2.24, 2.45) is 0 Å². The molecule has 1 heterocycles. The average molecular weight is 379 g/mol. The molecule has 1 fully saturated rings. The van der Waals surface area contributed by atoms with Gasteiger partial charge in [-0.2, -0.15) is 4.31 Å². The Hall–Kier alpha value is -1.40. The molecule has 0 unspecified atom stereocenters. The Morgan fingerprint density at radius 3 is 2.12 bits per heavy atom. The van der Waals surface area contributed by atoms with Crippen molar-refractivity contribution < 1.29 is 8.42 Å². The van der Waals surface area contributed by atoms with Gasteiger partial charge >= 0.3 is 0 Å². The number of halogens is 1. The van der Waals surface area contributed by atoms with E-state index in [-0.39, 0.29) is 5.75 Å². The molecule has 0 saturated carbocycles. The van der Waals surface area contributed by atoms with Crippen LogP contribution in [-0.2, 0) is 23.0 Å². The van der Waals surface area contributed by atoms with Crippen LogP contribution in [0.3, 0.4) is 0 Å². The van der Waals surface area contributed by atoms with E-state index >= 15 is 0 Å². The molecule has 2 aromatic carbocycles. The molecule has 0 amide bonds. The molecule has 2 aromatic rings. The smallest absolute Gasteiger partial charge is 0.214 e. The average Bonchev–Trinajstić information content (AvgIpc) is 2.63. The highest BCUT2D eigenvalue weighted by atomic mass is 35.5. The van der Waals surface area contributed by atoms with E-state index in [1.807, 2.05) is 54.6 Å². The van der Waals surface area contributed by atoms with Crippen LogP contribution in [0.4, 0.5) is 0 Å². The molecule has 1 aliphatic rings. The van der Waals surface area contributed by atoms with E-state index < -0.39 is 10.0 Å². The van der Waals surface area contributed by atoms with Crippen molar-refractivity contribution in [3.63, 3.8) is 0 Å². The highest BCUT2D eigenvalue weighted by Crippen LogP contribution is 2.15. The van der Waals surface area contributed by atoms with Crippen molar-refractivity contribution in [2.75, 3.05) is 31.9 Å². The summed E-state index contributed by atoms with van der Waals surface area (Å²) in [6.45, 7) is 3.46. The maximum atomic E-state index is 12.6. The van der Waals surface area contributed by atoms with E-state index in [1.54, 1.807) is 4.31 Å². The van der Waals surface area contributed by atoms with Crippen molar-refractivity contribution >= 4 is 21.6 Å². The third kappa shape index (κ3) is 5.28. The molecular formula is C19H23ClN2O2S. The standard InChI is InChI=1S/C19H23ClN2O2S/c20-19-8-6-18(7-9-19)16-21-11-13-22(14-12-21)25(23,24)15-10-17-4-2-1-3-5-17/h1-9H,10-16H2. The van der Waals surface area contributed by atoms with Gasteiger partial charge in [0.2, 0.25) is 10.0 Å². The summed E-state index contributed by atoms with van der Waals surface area (Å²) < 4.78 is 26.7. The van der Waals surface area contributed by atoms with E-state index in [1.165, 1.54) is 5.56 Å². The zero-order valence-electron chi connectivity index (χ0n) is 14.1. The molecule has 4 nitrogen and oxygen atoms in total. The van der Waals surface area contributed by atoms with Gasteiger partial charge in [-0.1, -0.05) is 54.1 Å². The van der Waals surface area contributed by atoms with Gasteiger partial charge in [-0.15, -0.1) is 0 Å². The fourth-order valence-corrected chi connectivity index (χ4v) is 4.63. The number of hydrogen-bond acceptors (Lipinski definition) is 3. The lowest BCUT2D eigenvalue weighted by molar-refractivity contribution is 0.181. The van der Waals surface area contributed by atoms with Gasteiger partial charge in [-0.05, 0) is 29.7 Å². The summed E-state index contributed by atoms with van der Waals surface area (Å²) in [7, 11) is -3.19. The Morgan fingerprint density at radius 2 is 1.48 bits per heavy atom. The van der Waals surface area contributed by atoms with Crippen molar-refractivity contribution in [3.8, 4) is 0 Å². The van der Waals surface area contributed by atoms with E-state index in [9.17, 15) is 8.42 Å². The van der Waals surface area contributed by atoms with Gasteiger partial charge in [0, 0.05) is 37.7 Å². The maximum absolute atomic E-state index is 12.6. The van der Waals surface area contributed by atoms with Crippen LogP contribution in [0, 0.1) is 0 Å². The summed E-state index contributed by atoms with van der Waals surface area (Å²) in [4.78, 5) is 2.28. The SMILES string of the molecule is O=S(=O)(CCc1ccccc1)N1CCN(Cc2ccc(Cl)cc2)CC1. The predicted molar refractivity (Wildman–Crippen MR) is 102 cm³/mol. The van der Waals surface area contributed by atoms with Crippen LogP contribution in [0.25, 0.3) is 0 Å². The minimum absolute atomic E-state index is 0.175. The first-order valence-corrected chi connectivity index (χ1v) is 10.5. The molecule has 0 aliphatic carbocycles. The first-order valence-electron chi connectivity index (χ1n) is 8.51. The molecule has 0 atom stereocenters. The number of sulfonamides is 1. The summed E-state index contributed by atoms with van der Waals surface area (Å²) in [6.07, 6.45) is 0.564. The molecular weight excluding hydrogens is 356 g/mol. The van der Waals surface area contributed by atoms with Crippen molar-refractivity contribution in [1.29, 1.82) is 0 Å². The number of nitrogens with zero attached hydrogens (tertiary/aromatic N) is 2. The van der Waals surface area contributed by atoms with Gasteiger partial charge in [0.05, 0.1) is 5.75 Å². The fraction of sp³-hybridized carbons (Fsp3) is 0.368. The monoisotopic (exact) mass is 378 g/mol. The zero-order chi connectivity index (χ0) is 17.7. The highest BCUT2D eigenvalue weighted by Gasteiger charge is 2.26. The van der Waals surface area contributed by atoms with Gasteiger partial charge in [-0.25, -0.2) is 8.42 Å². The summed E-state index contributed by atoms with van der Waals surface area (Å²) >= 11 is 5.91. The number of aryl methyl sites for hydroxylation is 1. The molecule has 1 saturated heterocycles. The molecule has 6 heteroatoms. The van der Waals surface area contributed by atoms with Crippen LogP contribution in [-0.4, -0.2) is 49.6 Å². The van der Waals surface area contributed by atoms with Crippen molar-refractivity contribution in [2.45, 2.75) is 13.0 Å². The van der Waals surface area contributed by atoms with Gasteiger partial charge in [0.25, 0.3) is 0 Å². The van der Waals surface area contributed by atoms with Crippen molar-refractivity contribution in [1.82, 2.24) is 9.21 Å². The van der Waals surface area contributed by atoms with Crippen molar-refractivity contribution in [3.05, 3.63) is 70.7 Å². The Labute approximate surface area is 155 Å². The second kappa shape index (κ2) is 8.32. The first kappa shape index (κ1) is 18.4. The fourth-order valence-electron chi connectivity index (χ4n) is 3.03. The van der Waals surface area contributed by atoms with Gasteiger partial charge in [0.1, 0.15) is 0 Å².